The SMILES string of the molecule is NC(=O)[C@@H]1CCN(Cc2ccc3ccnc(Oc4ccccc4)c3c2)C1=O. The number of nitrogens with two attached hydrogens (primary N) is 1. The van der Waals surface area contributed by atoms with Gasteiger partial charge in [0.15, 0.2) is 0 Å². The molecular formula is C21H19N3O3. The van der Waals surface area contributed by atoms with E-state index in [1.807, 2.05) is 54.6 Å². The van der Waals surface area contributed by atoms with E-state index in [0.29, 0.717) is 31.1 Å². The molecule has 27 heavy (non-hydrogen) atoms. The van der Waals surface area contributed by atoms with E-state index in [-0.39, 0.29) is 5.91 Å². The second-order valence-electron chi connectivity index (χ2n) is 6.59. The minimum Gasteiger partial charge on any atom is -0.438 e. The predicted molar refractivity (Wildman–Crippen MR) is 101 cm³/mol. The van der Waals surface area contributed by atoms with Crippen molar-refractivity contribution in [1.82, 2.24) is 9.88 Å². The Morgan fingerprint density at radius 3 is 2.74 bits per heavy atom. The fourth-order valence-corrected chi connectivity index (χ4v) is 3.35. The van der Waals surface area contributed by atoms with Gasteiger partial charge in [-0.25, -0.2) is 4.98 Å². The molecule has 0 unspecified atom stereocenters. The normalized spacial score (nSPS) is 16.7. The van der Waals surface area contributed by atoms with Crippen LogP contribution in [0, 0.1) is 5.92 Å². The second kappa shape index (κ2) is 7.07. The van der Waals surface area contributed by atoms with Gasteiger partial charge in [-0.1, -0.05) is 30.3 Å². The zero-order valence-electron chi connectivity index (χ0n) is 14.7. The number of hydrogen-bond acceptors (Lipinski definition) is 4. The molecule has 0 saturated carbocycles. The van der Waals surface area contributed by atoms with Crippen molar-refractivity contribution >= 4 is 22.6 Å². The summed E-state index contributed by atoms with van der Waals surface area (Å²) in [6.07, 6.45) is 2.19. The van der Waals surface area contributed by atoms with Crippen LogP contribution in [0.2, 0.25) is 0 Å². The Labute approximate surface area is 156 Å². The quantitative estimate of drug-likeness (QED) is 0.708. The molecule has 1 atom stereocenters. The lowest BCUT2D eigenvalue weighted by Gasteiger charge is -2.17. The summed E-state index contributed by atoms with van der Waals surface area (Å²) in [7, 11) is 0. The van der Waals surface area contributed by atoms with Gasteiger partial charge in [0.2, 0.25) is 17.7 Å². The second-order valence-corrected chi connectivity index (χ2v) is 6.59. The smallest absolute Gasteiger partial charge is 0.235 e. The minimum atomic E-state index is -0.705. The van der Waals surface area contributed by atoms with Crippen molar-refractivity contribution in [2.24, 2.45) is 11.7 Å². The van der Waals surface area contributed by atoms with Crippen LogP contribution in [0.15, 0.2) is 60.8 Å². The lowest BCUT2D eigenvalue weighted by Crippen LogP contribution is -2.33. The Balaban J connectivity index is 1.61. The number of pyridine rings is 1. The van der Waals surface area contributed by atoms with Gasteiger partial charge in [0, 0.05) is 24.7 Å². The number of nitrogens with zero attached hydrogens (tertiary/aromatic N) is 2. The number of ether oxygens (including phenoxy) is 1. The molecule has 2 heterocycles. The highest BCUT2D eigenvalue weighted by atomic mass is 16.5. The molecule has 1 fully saturated rings. The van der Waals surface area contributed by atoms with Crippen LogP contribution < -0.4 is 10.5 Å². The van der Waals surface area contributed by atoms with Crippen LogP contribution in [0.5, 0.6) is 11.6 Å². The maximum Gasteiger partial charge on any atom is 0.235 e. The number of rotatable bonds is 5. The van der Waals surface area contributed by atoms with E-state index in [4.69, 9.17) is 10.5 Å². The highest BCUT2D eigenvalue weighted by molar-refractivity contribution is 6.00. The molecule has 6 heteroatoms. The number of benzene rings is 2. The number of para-hydroxylation sites is 1. The molecule has 136 valence electrons. The van der Waals surface area contributed by atoms with Gasteiger partial charge in [-0.05, 0) is 41.6 Å². The van der Waals surface area contributed by atoms with Gasteiger partial charge in [0.05, 0.1) is 0 Å². The van der Waals surface area contributed by atoms with E-state index in [1.165, 1.54) is 0 Å². The Bertz CT molecular complexity index is 1000. The van der Waals surface area contributed by atoms with E-state index in [1.54, 1.807) is 11.1 Å². The monoisotopic (exact) mass is 361 g/mol. The van der Waals surface area contributed by atoms with Crippen LogP contribution in [-0.4, -0.2) is 28.2 Å². The number of carbonyl (C=O) groups excluding carboxylic acids is 2. The molecule has 1 aliphatic rings. The Hall–Kier alpha value is -3.41. The number of hydrogen-bond donors (Lipinski definition) is 1. The van der Waals surface area contributed by atoms with Gasteiger partial charge in [0.1, 0.15) is 11.7 Å². The summed E-state index contributed by atoms with van der Waals surface area (Å²) in [6.45, 7) is 0.961. The number of aromatic nitrogens is 1. The van der Waals surface area contributed by atoms with Gasteiger partial charge >= 0.3 is 0 Å². The number of likely N-dealkylation sites (tertiary alicyclic amines) is 1. The highest BCUT2D eigenvalue weighted by Gasteiger charge is 2.35. The number of carbonyl (C=O) groups is 2. The maximum atomic E-state index is 12.3. The third kappa shape index (κ3) is 3.46. The Morgan fingerprint density at radius 2 is 2.00 bits per heavy atom. The average Bonchev–Trinajstić information content (AvgIpc) is 3.04. The maximum absolute atomic E-state index is 12.3. The van der Waals surface area contributed by atoms with E-state index in [2.05, 4.69) is 4.98 Å². The van der Waals surface area contributed by atoms with Crippen LogP contribution in [0.1, 0.15) is 12.0 Å². The molecule has 3 aromatic rings. The van der Waals surface area contributed by atoms with Crippen molar-refractivity contribution in [3.05, 3.63) is 66.4 Å². The van der Waals surface area contributed by atoms with Crippen LogP contribution in [0.3, 0.4) is 0 Å². The fourth-order valence-electron chi connectivity index (χ4n) is 3.35. The zero-order valence-corrected chi connectivity index (χ0v) is 14.7. The Morgan fingerprint density at radius 1 is 1.19 bits per heavy atom. The van der Waals surface area contributed by atoms with Crippen LogP contribution in [0.4, 0.5) is 0 Å². The van der Waals surface area contributed by atoms with Gasteiger partial charge in [-0.15, -0.1) is 0 Å². The lowest BCUT2D eigenvalue weighted by atomic mass is 10.1. The molecule has 0 radical (unpaired) electrons. The van der Waals surface area contributed by atoms with Gasteiger partial charge in [0.25, 0.3) is 0 Å². The van der Waals surface area contributed by atoms with Crippen LogP contribution in [0.25, 0.3) is 10.8 Å². The molecule has 0 spiro atoms. The lowest BCUT2D eigenvalue weighted by molar-refractivity contribution is -0.136. The molecular weight excluding hydrogens is 342 g/mol. The summed E-state index contributed by atoms with van der Waals surface area (Å²) in [5.41, 5.74) is 6.25. The van der Waals surface area contributed by atoms with E-state index in [0.717, 1.165) is 16.3 Å². The van der Waals surface area contributed by atoms with Crippen molar-refractivity contribution in [2.75, 3.05) is 6.54 Å². The molecule has 1 aliphatic heterocycles. The molecule has 2 aromatic carbocycles. The molecule has 2 amide bonds. The van der Waals surface area contributed by atoms with Crippen molar-refractivity contribution in [3.63, 3.8) is 0 Å². The zero-order chi connectivity index (χ0) is 18.8. The van der Waals surface area contributed by atoms with Crippen molar-refractivity contribution < 1.29 is 14.3 Å². The van der Waals surface area contributed by atoms with E-state index < -0.39 is 11.8 Å². The van der Waals surface area contributed by atoms with Gasteiger partial charge in [-0.3, -0.25) is 9.59 Å². The first-order valence-corrected chi connectivity index (χ1v) is 8.80. The van der Waals surface area contributed by atoms with Gasteiger partial charge < -0.3 is 15.4 Å². The van der Waals surface area contributed by atoms with E-state index >= 15 is 0 Å². The summed E-state index contributed by atoms with van der Waals surface area (Å²) in [4.78, 5) is 29.7. The first-order valence-electron chi connectivity index (χ1n) is 8.80. The first kappa shape index (κ1) is 17.0. The molecule has 2 N–H and O–H groups in total. The standard InChI is InChI=1S/C21H19N3O3/c22-19(25)17-9-11-24(21(17)26)13-14-6-7-15-8-10-23-20(18(15)12-14)27-16-4-2-1-3-5-16/h1-8,10,12,17H,9,11,13H2,(H2,22,25)/t17-/m0/s1. The highest BCUT2D eigenvalue weighted by Crippen LogP contribution is 2.29. The summed E-state index contributed by atoms with van der Waals surface area (Å²) in [5, 5.41) is 1.87. The molecule has 1 aromatic heterocycles. The van der Waals surface area contributed by atoms with Crippen molar-refractivity contribution in [2.45, 2.75) is 13.0 Å². The molecule has 6 nitrogen and oxygen atoms in total. The minimum absolute atomic E-state index is 0.199. The van der Waals surface area contributed by atoms with E-state index in [9.17, 15) is 9.59 Å². The van der Waals surface area contributed by atoms with Crippen molar-refractivity contribution in [1.29, 1.82) is 0 Å². The van der Waals surface area contributed by atoms with Crippen LogP contribution in [-0.2, 0) is 16.1 Å². The first-order chi connectivity index (χ1) is 13.1. The topological polar surface area (TPSA) is 85.5 Å². The number of primary amides is 1. The number of amides is 2. The summed E-state index contributed by atoms with van der Waals surface area (Å²) in [6, 6.07) is 17.3. The Kier molecular flexibility index (Phi) is 4.46. The molecule has 0 bridgehead atoms. The van der Waals surface area contributed by atoms with Crippen molar-refractivity contribution in [3.8, 4) is 11.6 Å². The number of fused-ring (bicyclic) bond motifs is 1. The largest absolute Gasteiger partial charge is 0.438 e. The fraction of sp³-hybridized carbons (Fsp3) is 0.190. The van der Waals surface area contributed by atoms with Gasteiger partial charge in [-0.2, -0.15) is 0 Å². The third-order valence-corrected chi connectivity index (χ3v) is 4.77. The summed E-state index contributed by atoms with van der Waals surface area (Å²) in [5.74, 6) is -0.229. The summed E-state index contributed by atoms with van der Waals surface area (Å²) >= 11 is 0. The molecule has 1 saturated heterocycles. The predicted octanol–water partition coefficient (Wildman–Crippen LogP) is 2.86. The van der Waals surface area contributed by atoms with Crippen LogP contribution >= 0.6 is 0 Å². The summed E-state index contributed by atoms with van der Waals surface area (Å²) < 4.78 is 5.93. The molecule has 0 aliphatic carbocycles. The average molecular weight is 361 g/mol. The molecule has 4 rings (SSSR count). The third-order valence-electron chi connectivity index (χ3n) is 4.77.